The first kappa shape index (κ1) is 15.5. The van der Waals surface area contributed by atoms with Crippen molar-refractivity contribution in [1.29, 1.82) is 0 Å². The fourth-order valence-corrected chi connectivity index (χ4v) is 4.77. The zero-order chi connectivity index (χ0) is 15.6. The molecule has 0 unspecified atom stereocenters. The van der Waals surface area contributed by atoms with Crippen molar-refractivity contribution in [3.05, 3.63) is 17.5 Å². The van der Waals surface area contributed by atoms with E-state index < -0.39 is 0 Å². The summed E-state index contributed by atoms with van der Waals surface area (Å²) in [6.45, 7) is 3.24. The van der Waals surface area contributed by atoms with Crippen LogP contribution in [0.25, 0.3) is 0 Å². The zero-order valence-electron chi connectivity index (χ0n) is 13.7. The molecule has 2 fully saturated rings. The Morgan fingerprint density at radius 2 is 2.22 bits per heavy atom. The van der Waals surface area contributed by atoms with E-state index in [1.807, 2.05) is 16.7 Å². The highest BCUT2D eigenvalue weighted by atomic mass is 32.2. The number of fused-ring (bicyclic) bond motifs is 1. The van der Waals surface area contributed by atoms with Gasteiger partial charge in [-0.2, -0.15) is 16.9 Å². The molecule has 6 heteroatoms. The number of hydrogen-bond acceptors (Lipinski definition) is 4. The Morgan fingerprint density at radius 3 is 2.96 bits per heavy atom. The average molecular weight is 334 g/mol. The van der Waals surface area contributed by atoms with E-state index >= 15 is 0 Å². The van der Waals surface area contributed by atoms with Crippen molar-refractivity contribution in [2.24, 2.45) is 5.92 Å². The molecular formula is C17H26N4OS. The van der Waals surface area contributed by atoms with Gasteiger partial charge in [0, 0.05) is 30.8 Å². The van der Waals surface area contributed by atoms with Crippen molar-refractivity contribution in [2.45, 2.75) is 57.8 Å². The van der Waals surface area contributed by atoms with E-state index in [-0.39, 0.29) is 0 Å². The van der Waals surface area contributed by atoms with E-state index in [4.69, 9.17) is 5.10 Å². The second kappa shape index (κ2) is 6.85. The largest absolute Gasteiger partial charge is 0.335 e. The SMILES string of the molecule is O=C(C1CCC1)N1CCn2nc(CN[C@H]3CCCSC3)cc2C1. The van der Waals surface area contributed by atoms with E-state index in [0.29, 0.717) is 17.9 Å². The second-order valence-corrected chi connectivity index (χ2v) is 8.18. The van der Waals surface area contributed by atoms with Gasteiger partial charge in [0.2, 0.25) is 5.91 Å². The Balaban J connectivity index is 1.34. The van der Waals surface area contributed by atoms with Crippen molar-refractivity contribution in [2.75, 3.05) is 18.1 Å². The highest BCUT2D eigenvalue weighted by Crippen LogP contribution is 2.29. The summed E-state index contributed by atoms with van der Waals surface area (Å²) >= 11 is 2.05. The number of rotatable bonds is 4. The summed E-state index contributed by atoms with van der Waals surface area (Å²) < 4.78 is 2.09. The third-order valence-electron chi connectivity index (χ3n) is 5.35. The van der Waals surface area contributed by atoms with Gasteiger partial charge in [-0.05, 0) is 37.5 Å². The molecular weight excluding hydrogens is 308 g/mol. The van der Waals surface area contributed by atoms with E-state index in [1.165, 1.54) is 36.5 Å². The Kier molecular flexibility index (Phi) is 4.62. The van der Waals surface area contributed by atoms with Crippen molar-refractivity contribution in [1.82, 2.24) is 20.0 Å². The lowest BCUT2D eigenvalue weighted by Gasteiger charge is -2.34. The van der Waals surface area contributed by atoms with E-state index in [2.05, 4.69) is 16.1 Å². The van der Waals surface area contributed by atoms with Gasteiger partial charge in [0.05, 0.1) is 24.5 Å². The summed E-state index contributed by atoms with van der Waals surface area (Å²) in [6, 6.07) is 2.81. The third kappa shape index (κ3) is 3.43. The Hall–Kier alpha value is -1.01. The standard InChI is InChI=1S/C17H26N4OS/c22-17(13-3-1-4-13)20-6-7-21-16(11-20)9-15(19-21)10-18-14-5-2-8-23-12-14/h9,13-14,18H,1-8,10-12H2/t14-/m0/s1. The minimum absolute atomic E-state index is 0.300. The summed E-state index contributed by atoms with van der Waals surface area (Å²) in [5.41, 5.74) is 2.31. The topological polar surface area (TPSA) is 50.2 Å². The molecule has 0 radical (unpaired) electrons. The minimum atomic E-state index is 0.300. The molecule has 2 aliphatic heterocycles. The molecule has 23 heavy (non-hydrogen) atoms. The van der Waals surface area contributed by atoms with Gasteiger partial charge in [-0.25, -0.2) is 0 Å². The van der Waals surface area contributed by atoms with Gasteiger partial charge < -0.3 is 10.2 Å². The van der Waals surface area contributed by atoms with Crippen LogP contribution in [-0.4, -0.2) is 44.7 Å². The van der Waals surface area contributed by atoms with Crippen LogP contribution in [0.2, 0.25) is 0 Å². The van der Waals surface area contributed by atoms with Crippen LogP contribution in [0.3, 0.4) is 0 Å². The van der Waals surface area contributed by atoms with E-state index in [1.54, 1.807) is 0 Å². The maximum absolute atomic E-state index is 12.4. The molecule has 1 N–H and O–H groups in total. The number of nitrogens with one attached hydrogen (secondary N) is 1. The lowest BCUT2D eigenvalue weighted by Crippen LogP contribution is -2.43. The molecule has 3 heterocycles. The number of carbonyl (C=O) groups excluding carboxylic acids is 1. The molecule has 1 amide bonds. The van der Waals surface area contributed by atoms with Gasteiger partial charge in [0.1, 0.15) is 0 Å². The molecule has 126 valence electrons. The van der Waals surface area contributed by atoms with Crippen molar-refractivity contribution < 1.29 is 4.79 Å². The van der Waals surface area contributed by atoms with Crippen LogP contribution >= 0.6 is 11.8 Å². The maximum atomic E-state index is 12.4. The first-order chi connectivity index (χ1) is 11.3. The minimum Gasteiger partial charge on any atom is -0.335 e. The molecule has 1 atom stereocenters. The summed E-state index contributed by atoms with van der Waals surface area (Å²) in [7, 11) is 0. The Labute approximate surface area is 142 Å². The predicted octanol–water partition coefficient (Wildman–Crippen LogP) is 2.01. The normalized spacial score (nSPS) is 25.0. The molecule has 1 aromatic rings. The molecule has 1 saturated heterocycles. The molecule has 0 spiro atoms. The van der Waals surface area contributed by atoms with Gasteiger partial charge >= 0.3 is 0 Å². The molecule has 5 nitrogen and oxygen atoms in total. The average Bonchev–Trinajstić information content (AvgIpc) is 2.94. The number of aromatic nitrogens is 2. The summed E-state index contributed by atoms with van der Waals surface area (Å²) in [5, 5.41) is 8.36. The van der Waals surface area contributed by atoms with E-state index in [9.17, 15) is 4.79 Å². The number of thioether (sulfide) groups is 1. The first-order valence-corrected chi connectivity index (χ1v) is 10.1. The number of carbonyl (C=O) groups is 1. The smallest absolute Gasteiger partial charge is 0.226 e. The van der Waals surface area contributed by atoms with Gasteiger partial charge in [-0.1, -0.05) is 6.42 Å². The lowest BCUT2D eigenvalue weighted by atomic mass is 9.84. The van der Waals surface area contributed by atoms with Crippen LogP contribution in [0, 0.1) is 5.92 Å². The molecule has 1 aliphatic carbocycles. The molecule has 4 rings (SSSR count). The predicted molar refractivity (Wildman–Crippen MR) is 92.2 cm³/mol. The van der Waals surface area contributed by atoms with Gasteiger partial charge in [-0.15, -0.1) is 0 Å². The first-order valence-electron chi connectivity index (χ1n) is 8.95. The second-order valence-electron chi connectivity index (χ2n) is 7.03. The number of amides is 1. The molecule has 0 bridgehead atoms. The van der Waals surface area contributed by atoms with Crippen molar-refractivity contribution in [3.8, 4) is 0 Å². The fraction of sp³-hybridized carbons (Fsp3) is 0.765. The van der Waals surface area contributed by atoms with Crippen LogP contribution in [0.1, 0.15) is 43.5 Å². The van der Waals surface area contributed by atoms with Crippen molar-refractivity contribution in [3.63, 3.8) is 0 Å². The van der Waals surface area contributed by atoms with Gasteiger partial charge in [0.25, 0.3) is 0 Å². The van der Waals surface area contributed by atoms with Crippen LogP contribution < -0.4 is 5.32 Å². The van der Waals surface area contributed by atoms with Crippen LogP contribution in [0.15, 0.2) is 6.07 Å². The highest BCUT2D eigenvalue weighted by Gasteiger charge is 2.31. The van der Waals surface area contributed by atoms with Crippen LogP contribution in [-0.2, 0) is 24.4 Å². The van der Waals surface area contributed by atoms with Gasteiger partial charge in [-0.3, -0.25) is 9.48 Å². The molecule has 0 aromatic carbocycles. The number of nitrogens with zero attached hydrogens (tertiary/aromatic N) is 3. The lowest BCUT2D eigenvalue weighted by molar-refractivity contribution is -0.139. The van der Waals surface area contributed by atoms with Gasteiger partial charge in [0.15, 0.2) is 0 Å². The Morgan fingerprint density at radius 1 is 1.30 bits per heavy atom. The van der Waals surface area contributed by atoms with Crippen molar-refractivity contribution >= 4 is 17.7 Å². The van der Waals surface area contributed by atoms with Crippen LogP contribution in [0.4, 0.5) is 0 Å². The summed E-state index contributed by atoms with van der Waals surface area (Å²) in [6.07, 6.45) is 5.99. The Bertz CT molecular complexity index is 563. The zero-order valence-corrected chi connectivity index (χ0v) is 14.5. The van der Waals surface area contributed by atoms with E-state index in [0.717, 1.165) is 44.7 Å². The molecule has 1 aromatic heterocycles. The maximum Gasteiger partial charge on any atom is 0.226 e. The summed E-state index contributed by atoms with van der Waals surface area (Å²) in [5.74, 6) is 3.19. The molecule has 3 aliphatic rings. The summed E-state index contributed by atoms with van der Waals surface area (Å²) in [4.78, 5) is 14.4. The molecule has 1 saturated carbocycles. The monoisotopic (exact) mass is 334 g/mol. The fourth-order valence-electron chi connectivity index (χ4n) is 3.66. The van der Waals surface area contributed by atoms with Crippen LogP contribution in [0.5, 0.6) is 0 Å². The third-order valence-corrected chi connectivity index (χ3v) is 6.56. The highest BCUT2D eigenvalue weighted by molar-refractivity contribution is 7.99. The quantitative estimate of drug-likeness (QED) is 0.915. The number of hydrogen-bond donors (Lipinski definition) is 1.